The lowest BCUT2D eigenvalue weighted by atomic mass is 10.00. The van der Waals surface area contributed by atoms with E-state index < -0.39 is 235 Å². The maximum atomic E-state index is 15.8. The van der Waals surface area contributed by atoms with Gasteiger partial charge in [-0.2, -0.15) is 11.8 Å². The third-order valence-corrected chi connectivity index (χ3v) is 25.6. The summed E-state index contributed by atoms with van der Waals surface area (Å²) in [6, 6.07) is -1.89. The number of hydrogen-bond donors (Lipinski definition) is 21. The number of carbonyl (C=O) groups excluding carboxylic acids is 17. The molecule has 3 saturated heterocycles. The van der Waals surface area contributed by atoms with Crippen LogP contribution in [0.25, 0.3) is 21.8 Å². The number of nitrogens with two attached hydrogens (primary N) is 3. The highest BCUT2D eigenvalue weighted by atomic mass is 32.2. The van der Waals surface area contributed by atoms with E-state index in [-0.39, 0.29) is 108 Å². The van der Waals surface area contributed by atoms with Gasteiger partial charge in [0, 0.05) is 119 Å². The van der Waals surface area contributed by atoms with E-state index in [9.17, 15) is 58.5 Å². The number of aliphatic hydroxyl groups is 2. The third kappa shape index (κ3) is 30.1. The minimum atomic E-state index is -1.89. The van der Waals surface area contributed by atoms with Crippen LogP contribution in [0.4, 0.5) is 0 Å². The molecule has 3 aliphatic rings. The van der Waals surface area contributed by atoms with Crippen LogP contribution in [0.15, 0.2) is 97.7 Å². The van der Waals surface area contributed by atoms with Gasteiger partial charge in [-0.3, -0.25) is 86.9 Å². The highest BCUT2D eigenvalue weighted by Crippen LogP contribution is 2.28. The lowest BCUT2D eigenvalue weighted by Gasteiger charge is -2.36. The van der Waals surface area contributed by atoms with Crippen molar-refractivity contribution in [2.75, 3.05) is 65.4 Å². The molecule has 3 aromatic heterocycles. The Kier molecular flexibility index (Phi) is 40.0. The number of aromatic amines is 3. The van der Waals surface area contributed by atoms with E-state index >= 15 is 38.4 Å². The number of H-pyrrole nitrogens is 3. The van der Waals surface area contributed by atoms with E-state index in [4.69, 9.17) is 22.6 Å². The molecule has 17 amide bonds. The van der Waals surface area contributed by atoms with Crippen molar-refractivity contribution in [1.82, 2.24) is 103 Å². The van der Waals surface area contributed by atoms with E-state index in [0.717, 1.165) is 36.3 Å². The maximum absolute atomic E-state index is 15.8. The van der Waals surface area contributed by atoms with Crippen LogP contribution in [-0.4, -0.2) is 322 Å². The molecule has 0 spiro atoms. The Bertz CT molecular complexity index is 5270. The number of phenols is 1. The second-order valence-corrected chi connectivity index (χ2v) is 36.4. The number of aromatic nitrogens is 4. The number of para-hydroxylation sites is 2. The van der Waals surface area contributed by atoms with E-state index in [2.05, 4.69) is 78.4 Å². The molecule has 6 aromatic rings. The summed E-state index contributed by atoms with van der Waals surface area (Å²) >= 11 is 0.935. The zero-order valence-corrected chi connectivity index (χ0v) is 79.1. The smallest absolute Gasteiger partial charge is 0.246 e. The second-order valence-electron chi connectivity index (χ2n) is 35.3. The van der Waals surface area contributed by atoms with Crippen molar-refractivity contribution in [3.63, 3.8) is 0 Å². The molecule has 15 atom stereocenters. The highest BCUT2D eigenvalue weighted by molar-refractivity contribution is 7.99. The summed E-state index contributed by atoms with van der Waals surface area (Å²) < 4.78 is 0. The molecule has 24 N–H and O–H groups in total. The standard InChI is InChI=1S/C92H130N24O20S/c1-9-11-24-71-84(129)105-62(23-17-32-98-92(95)96)80(125)104-63(79(124)101-45-76(94)121)31-34-137-48-77(122)103-67(36-52-27-29-56(118)30-28-52)87(132)112(6)51(5)78(123)108-69(41-75(93)120)89(134)115-33-18-26-72(115)85(130)107-65(39-55-44-97-49-102-55)82(127)109-66(35-50(3)4)90(135)116-46-57(119)40-74(116)86(131)106-64(37-53-42-99-60-21-15-13-19-58(53)60)81(126)111-70(47-117)83(128)110-68(38-54-43-100-61-22-16-14-20-59(54)61)88(133)114(8)73(25-12-10-2)91(136)113(71)7/h13-16,19-22,27-30,42-44,49-51,57,62-74,99-100,117-119H,9-12,17-18,23-26,31-41,45-48H2,1-8H3,(H2,93,120)(H2,94,121)(H,97,102)(H,101,124)(H,103,122)(H,104,125)(H,105,129)(H,106,131)(H,107,130)(H,108,123)(H,109,127)(H,110,128)(H,111,126)(H4,95,96,98)/t51-,57+,62-,63?,64-,65-,66-,67-,68-,69-,70-,71-,72-,73-,74-/m0/s1. The number of aliphatic hydroxyl groups excluding tert-OH is 2. The van der Waals surface area contributed by atoms with Crippen molar-refractivity contribution >= 4 is 140 Å². The molecule has 0 aliphatic carbocycles. The van der Waals surface area contributed by atoms with E-state index in [1.54, 1.807) is 74.8 Å². The number of fused-ring (bicyclic) bond motifs is 4. The van der Waals surface area contributed by atoms with Crippen molar-refractivity contribution in [3.05, 3.63) is 120 Å². The molecule has 0 saturated carbocycles. The Labute approximate surface area is 796 Å². The topological polar surface area (TPSA) is 662 Å². The summed E-state index contributed by atoms with van der Waals surface area (Å²) in [5.74, 6) is -17.2. The number of amides is 17. The molecule has 44 nitrogen and oxygen atoms in total. The fourth-order valence-electron chi connectivity index (χ4n) is 17.0. The number of benzene rings is 3. The number of unbranched alkanes of at least 4 members (excludes halogenated alkanes) is 2. The molecule has 1 unspecified atom stereocenters. The number of nitrogens with zero attached hydrogens (tertiary/aromatic N) is 6. The summed E-state index contributed by atoms with van der Waals surface area (Å²) in [5.41, 5.74) is 19.8. The largest absolute Gasteiger partial charge is 0.508 e. The van der Waals surface area contributed by atoms with Gasteiger partial charge < -0.3 is 130 Å². The van der Waals surface area contributed by atoms with E-state index in [1.807, 2.05) is 13.8 Å². The van der Waals surface area contributed by atoms with Gasteiger partial charge in [-0.1, -0.05) is 102 Å². The molecule has 744 valence electrons. The number of guanidine groups is 1. The number of phenolic OH excluding ortho intramolecular Hbond substituents is 1. The summed E-state index contributed by atoms with van der Waals surface area (Å²) in [5, 5.41) is 71.3. The zero-order chi connectivity index (χ0) is 100. The number of imidazole rings is 1. The van der Waals surface area contributed by atoms with Crippen LogP contribution < -0.4 is 75.7 Å². The van der Waals surface area contributed by atoms with Crippen LogP contribution in [0.2, 0.25) is 0 Å². The van der Waals surface area contributed by atoms with Crippen molar-refractivity contribution in [3.8, 4) is 5.75 Å². The van der Waals surface area contributed by atoms with Crippen LogP contribution in [0.5, 0.6) is 5.75 Å². The fourth-order valence-corrected chi connectivity index (χ4v) is 17.8. The summed E-state index contributed by atoms with van der Waals surface area (Å²) in [6.07, 6.45) is 3.57. The minimum Gasteiger partial charge on any atom is -0.508 e. The van der Waals surface area contributed by atoms with Crippen molar-refractivity contribution < 1.29 is 96.8 Å². The van der Waals surface area contributed by atoms with Crippen LogP contribution >= 0.6 is 11.8 Å². The van der Waals surface area contributed by atoms with Gasteiger partial charge in [0.25, 0.3) is 0 Å². The van der Waals surface area contributed by atoms with Gasteiger partial charge in [0.15, 0.2) is 5.96 Å². The van der Waals surface area contributed by atoms with Crippen molar-refractivity contribution in [1.29, 1.82) is 5.41 Å². The average molecular weight is 1920 g/mol. The van der Waals surface area contributed by atoms with Gasteiger partial charge in [0.2, 0.25) is 100 Å². The number of nitrogens with one attached hydrogen (secondary N) is 15. The van der Waals surface area contributed by atoms with E-state index in [0.29, 0.717) is 69.9 Å². The first kappa shape index (κ1) is 107. The maximum Gasteiger partial charge on any atom is 0.246 e. The Hall–Kier alpha value is -13.7. The lowest BCUT2D eigenvalue weighted by molar-refractivity contribution is -0.149. The SMILES string of the molecule is CCCC[C@H]1C(=O)N(C)[C@@H](CCCC)C(=O)N[C@@H](CCCNC(=N)N)C(=O)NC(C(=O)NCC(N)=O)CCSCC(=O)N[C@@H](Cc2ccc(O)cc2)C(=O)N(C)[C@@H](C)C(=O)N[C@@H](CC(N)=O)C(=O)N2CCC[C@H]2C(=O)N[C@@H](Cc2cnc[nH]2)C(=O)N[C@@H](CC(C)C)C(=O)N2C[C@H](O)C[C@H]2C(=O)N[C@@H](Cc2c[nH]c3ccccc23)C(=O)N[C@@H](CO)C(=O)N[C@@H](Cc2c[nH]c3ccccc23)C(=O)N1C. The molecule has 3 aliphatic heterocycles. The lowest BCUT2D eigenvalue weighted by Crippen LogP contribution is -2.62. The normalized spacial score (nSPS) is 24.7. The molecule has 3 fully saturated rings. The Morgan fingerprint density at radius 3 is 1.69 bits per heavy atom. The van der Waals surface area contributed by atoms with Crippen LogP contribution in [-0.2, 0) is 107 Å². The fraction of sp³-hybridized carbons (Fsp3) is 0.533. The zero-order valence-electron chi connectivity index (χ0n) is 78.3. The number of thioether (sulfide) groups is 1. The van der Waals surface area contributed by atoms with Gasteiger partial charge in [0.1, 0.15) is 90.3 Å². The van der Waals surface area contributed by atoms with Crippen molar-refractivity contribution in [2.24, 2.45) is 23.1 Å². The number of rotatable bonds is 26. The molecule has 6 heterocycles. The first-order valence-electron chi connectivity index (χ1n) is 46.1. The highest BCUT2D eigenvalue weighted by Gasteiger charge is 2.47. The molecule has 3 aromatic carbocycles. The molecular formula is C92H130N24O20S. The van der Waals surface area contributed by atoms with Gasteiger partial charge in [-0.15, -0.1) is 0 Å². The summed E-state index contributed by atoms with van der Waals surface area (Å²) in [4.78, 5) is 269. The van der Waals surface area contributed by atoms with Crippen LogP contribution in [0.3, 0.4) is 0 Å². The Balaban J connectivity index is 1.09. The monoisotopic (exact) mass is 1920 g/mol. The number of primary amides is 2. The van der Waals surface area contributed by atoms with Crippen LogP contribution in [0, 0.1) is 11.3 Å². The quantitative estimate of drug-likeness (QED) is 0.0151. The Morgan fingerprint density at radius 1 is 0.547 bits per heavy atom. The molecule has 0 bridgehead atoms. The van der Waals surface area contributed by atoms with Gasteiger partial charge in [-0.25, -0.2) is 4.98 Å². The van der Waals surface area contributed by atoms with Gasteiger partial charge in [-0.05, 0) is 111 Å². The van der Waals surface area contributed by atoms with E-state index in [1.165, 1.54) is 64.9 Å². The molecule has 45 heteroatoms. The summed E-state index contributed by atoms with van der Waals surface area (Å²) in [6.45, 7) is 6.10. The molecule has 137 heavy (non-hydrogen) atoms. The first-order valence-corrected chi connectivity index (χ1v) is 47.2. The number of likely N-dealkylation sites (N-methyl/N-ethyl adjacent to an activating group) is 3. The van der Waals surface area contributed by atoms with Gasteiger partial charge >= 0.3 is 0 Å². The second kappa shape index (κ2) is 51.3. The predicted octanol–water partition coefficient (Wildman–Crippen LogP) is -2.54. The Morgan fingerprint density at radius 2 is 1.09 bits per heavy atom. The number of hydrogen-bond acceptors (Lipinski definition) is 23. The first-order chi connectivity index (χ1) is 65.3. The van der Waals surface area contributed by atoms with Crippen LogP contribution in [0.1, 0.15) is 147 Å². The molecule has 9 rings (SSSR count). The molecule has 0 radical (unpaired) electrons. The molecular weight excluding hydrogens is 1790 g/mol. The van der Waals surface area contributed by atoms with Gasteiger partial charge in [0.05, 0.1) is 37.8 Å². The number of carbonyl (C=O) groups is 17. The van der Waals surface area contributed by atoms with Crippen molar-refractivity contribution in [2.45, 2.75) is 241 Å². The average Bonchev–Trinajstić information content (AvgIpc) is 1.17. The summed E-state index contributed by atoms with van der Waals surface area (Å²) in [7, 11) is 3.94. The predicted molar refractivity (Wildman–Crippen MR) is 504 cm³/mol. The third-order valence-electron chi connectivity index (χ3n) is 24.6. The number of aromatic hydroxyl groups is 1. The minimum absolute atomic E-state index is 0.00418.